The summed E-state index contributed by atoms with van der Waals surface area (Å²) in [6, 6.07) is 10.00. The van der Waals surface area contributed by atoms with E-state index in [-0.39, 0.29) is 24.2 Å². The van der Waals surface area contributed by atoms with E-state index in [4.69, 9.17) is 0 Å². The average molecular weight is 396 g/mol. The molecule has 0 unspecified atom stereocenters. The third-order valence-corrected chi connectivity index (χ3v) is 5.04. The maximum absolute atomic E-state index is 14.1. The van der Waals surface area contributed by atoms with E-state index in [0.717, 1.165) is 22.3 Å². The van der Waals surface area contributed by atoms with E-state index in [1.54, 1.807) is 17.6 Å². The Bertz CT molecular complexity index is 994. The van der Waals surface area contributed by atoms with E-state index in [1.165, 1.54) is 29.5 Å². The lowest BCUT2D eigenvalue weighted by Crippen LogP contribution is -2.23. The Hall–Kier alpha value is -2.45. The Morgan fingerprint density at radius 3 is 2.44 bits per heavy atom. The first-order valence-corrected chi connectivity index (χ1v) is 8.97. The Labute approximate surface area is 156 Å². The van der Waals surface area contributed by atoms with Crippen LogP contribution in [0.1, 0.15) is 22.4 Å². The zero-order valence-electron chi connectivity index (χ0n) is 14.3. The van der Waals surface area contributed by atoms with Gasteiger partial charge in [0.1, 0.15) is 10.8 Å². The van der Waals surface area contributed by atoms with Crippen LogP contribution in [0.3, 0.4) is 0 Å². The maximum atomic E-state index is 14.1. The molecule has 3 nitrogen and oxygen atoms in total. The van der Waals surface area contributed by atoms with Crippen molar-refractivity contribution in [1.29, 1.82) is 0 Å². The number of nitrogens with zero attached hydrogens (tertiary/aromatic N) is 1. The fourth-order valence-electron chi connectivity index (χ4n) is 2.80. The molecule has 0 saturated carbocycles. The number of thiophene rings is 1. The highest BCUT2D eigenvalue weighted by atomic mass is 32.1. The lowest BCUT2D eigenvalue weighted by atomic mass is 10.1. The van der Waals surface area contributed by atoms with E-state index in [2.05, 4.69) is 5.32 Å². The highest BCUT2D eigenvalue weighted by Crippen LogP contribution is 2.32. The van der Waals surface area contributed by atoms with Gasteiger partial charge in [0.2, 0.25) is 0 Å². The summed E-state index contributed by atoms with van der Waals surface area (Å²) < 4.78 is 54.0. The monoisotopic (exact) mass is 396 g/mol. The van der Waals surface area contributed by atoms with Crippen molar-refractivity contribution in [3.8, 4) is 5.00 Å². The number of pyridine rings is 1. The number of nitrogens with one attached hydrogen (secondary N) is 1. The van der Waals surface area contributed by atoms with Crippen LogP contribution < -0.4 is 10.9 Å². The van der Waals surface area contributed by atoms with Crippen molar-refractivity contribution in [2.75, 3.05) is 0 Å². The first kappa shape index (κ1) is 19.3. The van der Waals surface area contributed by atoms with Crippen molar-refractivity contribution in [1.82, 2.24) is 9.88 Å². The highest BCUT2D eigenvalue weighted by Gasteiger charge is 2.34. The van der Waals surface area contributed by atoms with Gasteiger partial charge >= 0.3 is 6.18 Å². The third kappa shape index (κ3) is 4.12. The normalized spacial score (nSPS) is 11.7. The number of benzene rings is 1. The molecule has 0 aliphatic rings. The maximum Gasteiger partial charge on any atom is 0.419 e. The SMILES string of the molecule is Cc1c(CNCc2cccc(C(F)(F)F)c2F)ccc(=O)n1-c1cccs1. The lowest BCUT2D eigenvalue weighted by molar-refractivity contribution is -0.140. The molecule has 0 saturated heterocycles. The van der Waals surface area contributed by atoms with E-state index in [1.807, 2.05) is 17.5 Å². The summed E-state index contributed by atoms with van der Waals surface area (Å²) >= 11 is 1.43. The Morgan fingerprint density at radius 1 is 1.04 bits per heavy atom. The van der Waals surface area contributed by atoms with Crippen LogP contribution in [0.5, 0.6) is 0 Å². The number of halogens is 4. The topological polar surface area (TPSA) is 34.0 Å². The van der Waals surface area contributed by atoms with Gasteiger partial charge < -0.3 is 5.32 Å². The predicted molar refractivity (Wildman–Crippen MR) is 96.6 cm³/mol. The average Bonchev–Trinajstić information content (AvgIpc) is 3.11. The second kappa shape index (κ2) is 7.66. The summed E-state index contributed by atoms with van der Waals surface area (Å²) in [4.78, 5) is 12.2. The van der Waals surface area contributed by atoms with Crippen LogP contribution in [0.4, 0.5) is 17.6 Å². The molecule has 27 heavy (non-hydrogen) atoms. The minimum atomic E-state index is -4.73. The molecule has 0 fully saturated rings. The zero-order valence-corrected chi connectivity index (χ0v) is 15.1. The van der Waals surface area contributed by atoms with Crippen LogP contribution in [0.2, 0.25) is 0 Å². The molecule has 0 spiro atoms. The molecular weight excluding hydrogens is 380 g/mol. The molecule has 0 radical (unpaired) electrons. The molecule has 0 aliphatic carbocycles. The molecule has 0 bridgehead atoms. The third-order valence-electron chi connectivity index (χ3n) is 4.19. The standard InChI is InChI=1S/C19H16F4N2OS/c1-12-13(7-8-16(26)25(12)17-6-3-9-27-17)10-24-11-14-4-2-5-15(18(14)20)19(21,22)23/h2-9,24H,10-11H2,1H3. The van der Waals surface area contributed by atoms with Gasteiger partial charge in [-0.05, 0) is 36.1 Å². The predicted octanol–water partition coefficient (Wildman–Crippen LogP) is 4.66. The fraction of sp³-hybridized carbons (Fsp3) is 0.211. The molecule has 1 aromatic carbocycles. The highest BCUT2D eigenvalue weighted by molar-refractivity contribution is 7.12. The molecule has 8 heteroatoms. The second-order valence-corrected chi connectivity index (χ2v) is 6.88. The van der Waals surface area contributed by atoms with Gasteiger partial charge in [-0.15, -0.1) is 11.3 Å². The smallest absolute Gasteiger partial charge is 0.308 e. The van der Waals surface area contributed by atoms with Gasteiger partial charge in [0.05, 0.1) is 5.56 Å². The number of aromatic nitrogens is 1. The molecule has 1 N–H and O–H groups in total. The van der Waals surface area contributed by atoms with Crippen molar-refractivity contribution >= 4 is 11.3 Å². The molecule has 3 rings (SSSR count). The van der Waals surface area contributed by atoms with E-state index >= 15 is 0 Å². The second-order valence-electron chi connectivity index (χ2n) is 5.95. The van der Waals surface area contributed by atoms with E-state index in [0.29, 0.717) is 0 Å². The van der Waals surface area contributed by atoms with E-state index in [9.17, 15) is 22.4 Å². The van der Waals surface area contributed by atoms with Crippen molar-refractivity contribution in [3.63, 3.8) is 0 Å². The number of hydrogen-bond acceptors (Lipinski definition) is 3. The van der Waals surface area contributed by atoms with Gasteiger partial charge in [-0.1, -0.05) is 18.2 Å². The molecule has 2 heterocycles. The van der Waals surface area contributed by atoms with Gasteiger partial charge in [0.25, 0.3) is 5.56 Å². The van der Waals surface area contributed by atoms with Crippen LogP contribution in [0.25, 0.3) is 5.00 Å². The Kier molecular flexibility index (Phi) is 5.48. The summed E-state index contributed by atoms with van der Waals surface area (Å²) in [5.41, 5.74) is 0.0262. The first-order valence-electron chi connectivity index (χ1n) is 8.09. The van der Waals surface area contributed by atoms with Gasteiger partial charge in [0.15, 0.2) is 0 Å². The first-order chi connectivity index (χ1) is 12.8. The number of alkyl halides is 3. The number of rotatable bonds is 5. The minimum absolute atomic E-state index is 0.0611. The molecular formula is C19H16F4N2OS. The Balaban J connectivity index is 1.78. The zero-order chi connectivity index (χ0) is 19.6. The quantitative estimate of drug-likeness (QED) is 0.637. The largest absolute Gasteiger partial charge is 0.419 e. The molecule has 3 aromatic rings. The fourth-order valence-corrected chi connectivity index (χ4v) is 3.59. The lowest BCUT2D eigenvalue weighted by Gasteiger charge is -2.14. The molecule has 0 amide bonds. The summed E-state index contributed by atoms with van der Waals surface area (Å²) in [5.74, 6) is -1.27. The van der Waals surface area contributed by atoms with Gasteiger partial charge in [-0.2, -0.15) is 13.2 Å². The number of hydrogen-bond donors (Lipinski definition) is 1. The van der Waals surface area contributed by atoms with Crippen molar-refractivity contribution in [2.24, 2.45) is 0 Å². The summed E-state index contributed by atoms with van der Waals surface area (Å²) in [6.45, 7) is 2.02. The molecule has 0 atom stereocenters. The van der Waals surface area contributed by atoms with Gasteiger partial charge in [0, 0.05) is 30.4 Å². The van der Waals surface area contributed by atoms with Crippen LogP contribution in [0.15, 0.2) is 52.6 Å². The Morgan fingerprint density at radius 2 is 1.78 bits per heavy atom. The summed E-state index contributed by atoms with van der Waals surface area (Å²) in [6.07, 6.45) is -4.73. The van der Waals surface area contributed by atoms with Crippen LogP contribution in [-0.4, -0.2) is 4.57 Å². The van der Waals surface area contributed by atoms with Crippen molar-refractivity contribution < 1.29 is 17.6 Å². The van der Waals surface area contributed by atoms with Crippen LogP contribution in [-0.2, 0) is 19.3 Å². The van der Waals surface area contributed by atoms with Gasteiger partial charge in [-0.25, -0.2) is 4.39 Å². The van der Waals surface area contributed by atoms with Crippen LogP contribution in [0, 0.1) is 12.7 Å². The van der Waals surface area contributed by atoms with Crippen molar-refractivity contribution in [3.05, 3.63) is 86.4 Å². The minimum Gasteiger partial charge on any atom is -0.308 e. The summed E-state index contributed by atoms with van der Waals surface area (Å²) in [7, 11) is 0. The van der Waals surface area contributed by atoms with E-state index < -0.39 is 17.6 Å². The molecule has 142 valence electrons. The molecule has 2 aromatic heterocycles. The van der Waals surface area contributed by atoms with Gasteiger partial charge in [-0.3, -0.25) is 9.36 Å². The van der Waals surface area contributed by atoms with Crippen LogP contribution >= 0.6 is 11.3 Å². The molecule has 0 aliphatic heterocycles. The summed E-state index contributed by atoms with van der Waals surface area (Å²) in [5, 5.41) is 5.60. The van der Waals surface area contributed by atoms with Crippen molar-refractivity contribution in [2.45, 2.75) is 26.2 Å².